The average molecular weight is 331 g/mol. The minimum absolute atomic E-state index is 0.0997. The van der Waals surface area contributed by atoms with E-state index in [1.54, 1.807) is 12.1 Å². The van der Waals surface area contributed by atoms with Gasteiger partial charge in [0.05, 0.1) is 35.2 Å². The molecule has 2 fully saturated rings. The van der Waals surface area contributed by atoms with Gasteiger partial charge in [0, 0.05) is 6.54 Å². The van der Waals surface area contributed by atoms with Crippen LogP contribution in [-0.2, 0) is 24.6 Å². The molecule has 0 radical (unpaired) electrons. The monoisotopic (exact) mass is 331 g/mol. The Balaban J connectivity index is 1.99. The zero-order chi connectivity index (χ0) is 15.3. The maximum Gasteiger partial charge on any atom is 0.243 e. The molecule has 2 atom stereocenters. The third kappa shape index (κ3) is 2.73. The number of morpholine rings is 1. The molecule has 0 aliphatic carbocycles. The molecule has 2 saturated heterocycles. The highest BCUT2D eigenvalue weighted by atomic mass is 32.2. The molecule has 1 aromatic carbocycles. The Kier molecular flexibility index (Phi) is 3.59. The smallest absolute Gasteiger partial charge is 0.243 e. The third-order valence-electron chi connectivity index (χ3n) is 3.88. The predicted molar refractivity (Wildman–Crippen MR) is 77.3 cm³/mol. The van der Waals surface area contributed by atoms with Crippen molar-refractivity contribution in [3.05, 3.63) is 29.8 Å². The van der Waals surface area contributed by atoms with Gasteiger partial charge in [0.25, 0.3) is 0 Å². The van der Waals surface area contributed by atoms with Crippen LogP contribution in [0.4, 0.5) is 0 Å². The number of ether oxygens (including phenoxy) is 1. The molecule has 0 amide bonds. The summed E-state index contributed by atoms with van der Waals surface area (Å²) in [6, 6.07) is 6.03. The fourth-order valence-corrected chi connectivity index (χ4v) is 6.60. The lowest BCUT2D eigenvalue weighted by Crippen LogP contribution is -2.53. The SMILES string of the molecule is Cc1cccc(S(=O)(=O)N2CCOC3CS(=O)(=O)CC32)c1. The van der Waals surface area contributed by atoms with E-state index in [-0.39, 0.29) is 29.6 Å². The lowest BCUT2D eigenvalue weighted by atomic mass is 10.2. The van der Waals surface area contributed by atoms with Gasteiger partial charge < -0.3 is 4.74 Å². The first-order valence-electron chi connectivity index (χ1n) is 6.70. The zero-order valence-electron chi connectivity index (χ0n) is 11.6. The van der Waals surface area contributed by atoms with Crippen LogP contribution in [-0.4, -0.2) is 57.9 Å². The van der Waals surface area contributed by atoms with Crippen LogP contribution >= 0.6 is 0 Å². The largest absolute Gasteiger partial charge is 0.374 e. The number of aryl methyl sites for hydroxylation is 1. The Morgan fingerprint density at radius 3 is 2.76 bits per heavy atom. The number of hydrogen-bond donors (Lipinski definition) is 0. The molecule has 8 heteroatoms. The minimum atomic E-state index is -3.70. The second-order valence-electron chi connectivity index (χ2n) is 5.49. The number of rotatable bonds is 2. The van der Waals surface area contributed by atoms with Crippen LogP contribution in [0.25, 0.3) is 0 Å². The molecule has 0 aromatic heterocycles. The molecule has 0 saturated carbocycles. The molecular formula is C13H17NO5S2. The van der Waals surface area contributed by atoms with Gasteiger partial charge >= 0.3 is 0 Å². The maximum atomic E-state index is 12.8. The molecule has 2 heterocycles. The highest BCUT2D eigenvalue weighted by Crippen LogP contribution is 2.29. The van der Waals surface area contributed by atoms with Crippen LogP contribution < -0.4 is 0 Å². The van der Waals surface area contributed by atoms with Crippen molar-refractivity contribution in [1.29, 1.82) is 0 Å². The van der Waals surface area contributed by atoms with Gasteiger partial charge in [-0.15, -0.1) is 0 Å². The van der Waals surface area contributed by atoms with Crippen LogP contribution in [0.2, 0.25) is 0 Å². The molecule has 0 spiro atoms. The van der Waals surface area contributed by atoms with Crippen molar-refractivity contribution in [1.82, 2.24) is 4.31 Å². The molecular weight excluding hydrogens is 314 g/mol. The number of hydrogen-bond acceptors (Lipinski definition) is 5. The summed E-state index contributed by atoms with van der Waals surface area (Å²) in [4.78, 5) is 0.201. The lowest BCUT2D eigenvalue weighted by molar-refractivity contribution is -0.0141. The van der Waals surface area contributed by atoms with Gasteiger partial charge in [-0.1, -0.05) is 12.1 Å². The molecule has 1 aromatic rings. The van der Waals surface area contributed by atoms with Crippen molar-refractivity contribution >= 4 is 19.9 Å². The highest BCUT2D eigenvalue weighted by Gasteiger charge is 2.48. The summed E-state index contributed by atoms with van der Waals surface area (Å²) in [5, 5.41) is 0. The first kappa shape index (κ1) is 15.0. The number of benzene rings is 1. The molecule has 6 nitrogen and oxygen atoms in total. The van der Waals surface area contributed by atoms with E-state index in [1.807, 2.05) is 13.0 Å². The second-order valence-corrected chi connectivity index (χ2v) is 9.53. The van der Waals surface area contributed by atoms with E-state index in [4.69, 9.17) is 4.74 Å². The van der Waals surface area contributed by atoms with Crippen molar-refractivity contribution in [2.75, 3.05) is 24.7 Å². The summed E-state index contributed by atoms with van der Waals surface area (Å²) < 4.78 is 55.8. The van der Waals surface area contributed by atoms with Crippen LogP contribution in [0, 0.1) is 6.92 Å². The summed E-state index contributed by atoms with van der Waals surface area (Å²) in [6.07, 6.45) is -0.552. The van der Waals surface area contributed by atoms with Gasteiger partial charge in [-0.2, -0.15) is 4.31 Å². The van der Waals surface area contributed by atoms with Crippen LogP contribution in [0.1, 0.15) is 5.56 Å². The van der Waals surface area contributed by atoms with Crippen LogP contribution in [0.15, 0.2) is 29.2 Å². The summed E-state index contributed by atoms with van der Waals surface area (Å²) in [7, 11) is -6.94. The maximum absolute atomic E-state index is 12.8. The summed E-state index contributed by atoms with van der Waals surface area (Å²) in [5.41, 5.74) is 0.847. The Hall–Kier alpha value is -0.960. The standard InChI is InChI=1S/C13H17NO5S2/c1-10-3-2-4-11(7-10)21(17,18)14-5-6-19-13-9-20(15,16)8-12(13)14/h2-4,7,12-13H,5-6,8-9H2,1H3. The molecule has 3 rings (SSSR count). The highest BCUT2D eigenvalue weighted by molar-refractivity contribution is 7.92. The molecule has 2 aliphatic heterocycles. The van der Waals surface area contributed by atoms with Crippen LogP contribution in [0.3, 0.4) is 0 Å². The Morgan fingerprint density at radius 2 is 2.05 bits per heavy atom. The van der Waals surface area contributed by atoms with Crippen molar-refractivity contribution in [3.8, 4) is 0 Å². The van der Waals surface area contributed by atoms with Gasteiger partial charge in [0.1, 0.15) is 0 Å². The number of sulfone groups is 1. The van der Waals surface area contributed by atoms with E-state index in [0.717, 1.165) is 5.56 Å². The molecule has 21 heavy (non-hydrogen) atoms. The van der Waals surface area contributed by atoms with Gasteiger partial charge in [0.2, 0.25) is 10.0 Å². The number of nitrogens with zero attached hydrogens (tertiary/aromatic N) is 1. The topological polar surface area (TPSA) is 80.8 Å². The van der Waals surface area contributed by atoms with Gasteiger partial charge in [-0.25, -0.2) is 16.8 Å². The first-order chi connectivity index (χ1) is 9.79. The quantitative estimate of drug-likeness (QED) is 0.772. The molecule has 116 valence electrons. The van der Waals surface area contributed by atoms with Gasteiger partial charge in [-0.05, 0) is 24.6 Å². The normalized spacial score (nSPS) is 29.2. The van der Waals surface area contributed by atoms with E-state index in [2.05, 4.69) is 0 Å². The van der Waals surface area contributed by atoms with Gasteiger partial charge in [-0.3, -0.25) is 0 Å². The Bertz CT molecular complexity index is 757. The van der Waals surface area contributed by atoms with E-state index in [1.165, 1.54) is 10.4 Å². The summed E-state index contributed by atoms with van der Waals surface area (Å²) in [5.74, 6) is -0.264. The fourth-order valence-electron chi connectivity index (χ4n) is 2.89. The lowest BCUT2D eigenvalue weighted by Gasteiger charge is -2.35. The van der Waals surface area contributed by atoms with Crippen molar-refractivity contribution in [2.45, 2.75) is 24.0 Å². The molecule has 0 N–H and O–H groups in total. The van der Waals surface area contributed by atoms with E-state index >= 15 is 0 Å². The Labute approximate surface area is 124 Å². The van der Waals surface area contributed by atoms with E-state index < -0.39 is 32.0 Å². The first-order valence-corrected chi connectivity index (χ1v) is 9.96. The van der Waals surface area contributed by atoms with Crippen molar-refractivity contribution in [3.63, 3.8) is 0 Å². The number of fused-ring (bicyclic) bond motifs is 1. The predicted octanol–water partition coefficient (Wildman–Crippen LogP) is 0.182. The average Bonchev–Trinajstić information content (AvgIpc) is 2.72. The zero-order valence-corrected chi connectivity index (χ0v) is 13.2. The van der Waals surface area contributed by atoms with E-state index in [9.17, 15) is 16.8 Å². The third-order valence-corrected chi connectivity index (χ3v) is 7.49. The molecule has 0 bridgehead atoms. The Morgan fingerprint density at radius 1 is 1.29 bits per heavy atom. The van der Waals surface area contributed by atoms with Crippen LogP contribution in [0.5, 0.6) is 0 Å². The van der Waals surface area contributed by atoms with Gasteiger partial charge in [0.15, 0.2) is 9.84 Å². The number of sulfonamides is 1. The van der Waals surface area contributed by atoms with Crippen molar-refractivity contribution < 1.29 is 21.6 Å². The minimum Gasteiger partial charge on any atom is -0.374 e. The van der Waals surface area contributed by atoms with Crippen molar-refractivity contribution in [2.24, 2.45) is 0 Å². The summed E-state index contributed by atoms with van der Waals surface area (Å²) >= 11 is 0. The van der Waals surface area contributed by atoms with E-state index in [0.29, 0.717) is 0 Å². The molecule has 2 unspecified atom stereocenters. The fraction of sp³-hybridized carbons (Fsp3) is 0.538. The molecule has 2 aliphatic rings. The summed E-state index contributed by atoms with van der Waals surface area (Å²) in [6.45, 7) is 2.23. The second kappa shape index (κ2) is 5.05.